The van der Waals surface area contributed by atoms with Gasteiger partial charge in [-0.05, 0) is 48.7 Å². The molecule has 0 unspecified atom stereocenters. The smallest absolute Gasteiger partial charge is 0.173 e. The summed E-state index contributed by atoms with van der Waals surface area (Å²) in [7, 11) is 0. The predicted molar refractivity (Wildman–Crippen MR) is 87.3 cm³/mol. The third kappa shape index (κ3) is 2.99. The van der Waals surface area contributed by atoms with Crippen LogP contribution in [0.2, 0.25) is 0 Å². The third-order valence-corrected chi connectivity index (χ3v) is 4.69. The van der Waals surface area contributed by atoms with Gasteiger partial charge in [0.05, 0.1) is 18.5 Å². The van der Waals surface area contributed by atoms with E-state index in [1.807, 2.05) is 23.9 Å². The van der Waals surface area contributed by atoms with Crippen molar-refractivity contribution >= 4 is 34.8 Å². The Morgan fingerprint density at radius 1 is 1.30 bits per heavy atom. The van der Waals surface area contributed by atoms with Gasteiger partial charge in [-0.3, -0.25) is 0 Å². The van der Waals surface area contributed by atoms with Crippen LogP contribution in [0.4, 0.5) is 5.69 Å². The van der Waals surface area contributed by atoms with Gasteiger partial charge >= 0.3 is 0 Å². The fourth-order valence-electron chi connectivity index (χ4n) is 2.21. The lowest BCUT2D eigenvalue weighted by molar-refractivity contribution is 0.503. The summed E-state index contributed by atoms with van der Waals surface area (Å²) in [5.74, 6) is 2.03. The van der Waals surface area contributed by atoms with Gasteiger partial charge in [0.25, 0.3) is 0 Å². The number of nitrogens with zero attached hydrogens (tertiary/aromatic N) is 1. The van der Waals surface area contributed by atoms with E-state index in [4.69, 9.17) is 16.6 Å². The molecule has 2 heterocycles. The second kappa shape index (κ2) is 6.33. The Morgan fingerprint density at radius 2 is 2.20 bits per heavy atom. The van der Waals surface area contributed by atoms with Gasteiger partial charge in [0.1, 0.15) is 5.76 Å². The molecule has 2 aromatic rings. The quantitative estimate of drug-likeness (QED) is 0.855. The lowest BCUT2D eigenvalue weighted by Gasteiger charge is -2.25. The number of rotatable bonds is 2. The number of hydrogen-bond acceptors (Lipinski definition) is 3. The van der Waals surface area contributed by atoms with Crippen LogP contribution in [-0.2, 0) is 6.54 Å². The van der Waals surface area contributed by atoms with Crippen molar-refractivity contribution in [1.82, 2.24) is 5.32 Å². The van der Waals surface area contributed by atoms with Crippen LogP contribution in [0.25, 0.3) is 0 Å². The Kier molecular flexibility index (Phi) is 4.28. The summed E-state index contributed by atoms with van der Waals surface area (Å²) in [5.41, 5.74) is 1.20. The largest absolute Gasteiger partial charge is 0.467 e. The molecule has 0 radical (unpaired) electrons. The molecule has 0 fully saturated rings. The molecule has 1 N–H and O–H groups in total. The molecule has 1 aliphatic heterocycles. The van der Waals surface area contributed by atoms with Crippen LogP contribution in [-0.4, -0.2) is 17.4 Å². The van der Waals surface area contributed by atoms with Crippen molar-refractivity contribution in [3.63, 3.8) is 0 Å². The number of benzene rings is 1. The minimum Gasteiger partial charge on any atom is -0.467 e. The zero-order valence-corrected chi connectivity index (χ0v) is 12.7. The lowest BCUT2D eigenvalue weighted by Crippen LogP contribution is -2.40. The number of para-hydroxylation sites is 1. The molecule has 20 heavy (non-hydrogen) atoms. The van der Waals surface area contributed by atoms with Crippen molar-refractivity contribution in [3.8, 4) is 0 Å². The van der Waals surface area contributed by atoms with E-state index < -0.39 is 0 Å². The van der Waals surface area contributed by atoms with Gasteiger partial charge < -0.3 is 14.6 Å². The molecule has 1 aliphatic rings. The summed E-state index contributed by atoms with van der Waals surface area (Å²) >= 11 is 7.45. The van der Waals surface area contributed by atoms with Crippen LogP contribution in [0.3, 0.4) is 0 Å². The first-order valence-corrected chi connectivity index (χ1v) is 8.03. The summed E-state index contributed by atoms with van der Waals surface area (Å²) in [4.78, 5) is 3.49. The predicted octanol–water partition coefficient (Wildman–Crippen LogP) is 3.66. The Hall–Kier alpha value is -1.46. The maximum Gasteiger partial charge on any atom is 0.173 e. The maximum absolute atomic E-state index is 5.55. The average molecular weight is 304 g/mol. The summed E-state index contributed by atoms with van der Waals surface area (Å²) in [5, 5.41) is 4.04. The number of thiocarbonyl (C=S) groups is 1. The molecule has 0 aliphatic carbocycles. The van der Waals surface area contributed by atoms with Crippen LogP contribution in [0.5, 0.6) is 0 Å². The first-order chi connectivity index (χ1) is 9.84. The Bertz CT molecular complexity index is 583. The van der Waals surface area contributed by atoms with Crippen molar-refractivity contribution in [2.45, 2.75) is 17.9 Å². The van der Waals surface area contributed by atoms with Gasteiger partial charge in [-0.2, -0.15) is 0 Å². The Labute approximate surface area is 128 Å². The monoisotopic (exact) mass is 304 g/mol. The van der Waals surface area contributed by atoms with Gasteiger partial charge in [0.2, 0.25) is 0 Å². The van der Waals surface area contributed by atoms with E-state index in [-0.39, 0.29) is 0 Å². The van der Waals surface area contributed by atoms with Crippen LogP contribution in [0.15, 0.2) is 52.0 Å². The van der Waals surface area contributed by atoms with Gasteiger partial charge in [0, 0.05) is 11.4 Å². The minimum absolute atomic E-state index is 0.623. The Balaban J connectivity index is 1.73. The van der Waals surface area contributed by atoms with Crippen molar-refractivity contribution in [1.29, 1.82) is 0 Å². The highest BCUT2D eigenvalue weighted by atomic mass is 32.2. The summed E-state index contributed by atoms with van der Waals surface area (Å²) < 4.78 is 5.32. The van der Waals surface area contributed by atoms with Gasteiger partial charge in [-0.1, -0.05) is 12.1 Å². The zero-order chi connectivity index (χ0) is 13.8. The fourth-order valence-corrected chi connectivity index (χ4v) is 3.47. The van der Waals surface area contributed by atoms with E-state index in [9.17, 15) is 0 Å². The van der Waals surface area contributed by atoms with Gasteiger partial charge in [-0.15, -0.1) is 11.8 Å². The van der Waals surface area contributed by atoms with Crippen molar-refractivity contribution in [2.75, 3.05) is 17.2 Å². The number of anilines is 1. The molecule has 0 atom stereocenters. The second-order valence-electron chi connectivity index (χ2n) is 4.56. The molecule has 0 saturated carbocycles. The van der Waals surface area contributed by atoms with Crippen LogP contribution in [0, 0.1) is 0 Å². The Morgan fingerprint density at radius 3 is 3.05 bits per heavy atom. The number of hydrogen-bond donors (Lipinski definition) is 1. The van der Waals surface area contributed by atoms with E-state index >= 15 is 0 Å². The number of furan rings is 1. The standard InChI is InChI=1S/C15H16N2OS2/c19-15(16-11-12-5-3-9-18-12)17-8-4-10-20-14-7-2-1-6-13(14)17/h1-3,5-7,9H,4,8,10-11H2,(H,16,19). The van der Waals surface area contributed by atoms with Crippen LogP contribution < -0.4 is 10.2 Å². The van der Waals surface area contributed by atoms with Crippen molar-refractivity contribution in [3.05, 3.63) is 48.4 Å². The van der Waals surface area contributed by atoms with E-state index in [1.165, 1.54) is 10.6 Å². The third-order valence-electron chi connectivity index (χ3n) is 3.18. The molecular formula is C15H16N2OS2. The van der Waals surface area contributed by atoms with E-state index in [0.29, 0.717) is 6.54 Å². The lowest BCUT2D eigenvalue weighted by atomic mass is 10.3. The van der Waals surface area contributed by atoms with E-state index in [0.717, 1.165) is 29.6 Å². The minimum atomic E-state index is 0.623. The molecule has 104 valence electrons. The van der Waals surface area contributed by atoms with Gasteiger partial charge in [-0.25, -0.2) is 0 Å². The molecule has 1 aromatic carbocycles. The molecular weight excluding hydrogens is 288 g/mol. The fraction of sp³-hybridized carbons (Fsp3) is 0.267. The maximum atomic E-state index is 5.55. The molecule has 5 heteroatoms. The van der Waals surface area contributed by atoms with Crippen LogP contribution >= 0.6 is 24.0 Å². The number of fused-ring (bicyclic) bond motifs is 1. The molecule has 3 nitrogen and oxygen atoms in total. The van der Waals surface area contributed by atoms with Crippen molar-refractivity contribution < 1.29 is 4.42 Å². The normalized spacial score (nSPS) is 14.5. The summed E-state index contributed by atoms with van der Waals surface area (Å²) in [6.07, 6.45) is 2.81. The molecule has 0 bridgehead atoms. The topological polar surface area (TPSA) is 28.4 Å². The van der Waals surface area contributed by atoms with Crippen LogP contribution in [0.1, 0.15) is 12.2 Å². The summed E-state index contributed by atoms with van der Waals surface area (Å²) in [6, 6.07) is 12.3. The first kappa shape index (κ1) is 13.5. The second-order valence-corrected chi connectivity index (χ2v) is 6.08. The zero-order valence-electron chi connectivity index (χ0n) is 11.0. The number of nitrogens with one attached hydrogen (secondary N) is 1. The SMILES string of the molecule is S=C(NCc1ccco1)N1CCCSc2ccccc21. The number of thioether (sulfide) groups is 1. The summed E-state index contributed by atoms with van der Waals surface area (Å²) in [6.45, 7) is 1.58. The van der Waals surface area contributed by atoms with Gasteiger partial charge in [0.15, 0.2) is 5.11 Å². The molecule has 0 spiro atoms. The molecule has 3 rings (SSSR count). The average Bonchev–Trinajstić information content (AvgIpc) is 2.90. The molecule has 0 saturated heterocycles. The molecule has 1 aromatic heterocycles. The highest BCUT2D eigenvalue weighted by Gasteiger charge is 2.18. The van der Waals surface area contributed by atoms with E-state index in [1.54, 1.807) is 6.26 Å². The first-order valence-electron chi connectivity index (χ1n) is 6.64. The highest BCUT2D eigenvalue weighted by molar-refractivity contribution is 7.99. The van der Waals surface area contributed by atoms with Crippen molar-refractivity contribution in [2.24, 2.45) is 0 Å². The van der Waals surface area contributed by atoms with E-state index in [2.05, 4.69) is 34.5 Å². The highest BCUT2D eigenvalue weighted by Crippen LogP contribution is 2.33. The molecule has 0 amide bonds.